The summed E-state index contributed by atoms with van der Waals surface area (Å²) in [5.41, 5.74) is 1.15. The van der Waals surface area contributed by atoms with Crippen LogP contribution in [-0.4, -0.2) is 58.5 Å². The second kappa shape index (κ2) is 8.66. The van der Waals surface area contributed by atoms with Crippen LogP contribution in [0.15, 0.2) is 48.5 Å². The predicted octanol–water partition coefficient (Wildman–Crippen LogP) is 0.815. The van der Waals surface area contributed by atoms with E-state index in [1.807, 2.05) is 0 Å². The second-order valence-corrected chi connectivity index (χ2v) is 6.56. The summed E-state index contributed by atoms with van der Waals surface area (Å²) < 4.78 is 25.1. The fraction of sp³-hybridized carbons (Fsp3) is 0.350. The Bertz CT molecular complexity index is 832. The number of hydrogen-bond donors (Lipinski definition) is 4. The van der Waals surface area contributed by atoms with Crippen molar-refractivity contribution in [3.63, 3.8) is 0 Å². The zero-order valence-electron chi connectivity index (χ0n) is 15.2. The minimum absolute atomic E-state index is 0.328. The van der Waals surface area contributed by atoms with Crippen molar-refractivity contribution in [3.8, 4) is 16.9 Å². The molecule has 1 amide bonds. The molecule has 0 radical (unpaired) electrons. The molecule has 2 aromatic carbocycles. The monoisotopic (exact) mass is 391 g/mol. The molecular weight excluding hydrogens is 369 g/mol. The maximum absolute atomic E-state index is 13.6. The van der Waals surface area contributed by atoms with Gasteiger partial charge in [0.05, 0.1) is 6.61 Å². The molecule has 28 heavy (non-hydrogen) atoms. The fourth-order valence-electron chi connectivity index (χ4n) is 3.16. The lowest BCUT2D eigenvalue weighted by Gasteiger charge is -2.42. The highest BCUT2D eigenvalue weighted by Gasteiger charge is 2.46. The first-order valence-electron chi connectivity index (χ1n) is 8.82. The van der Waals surface area contributed by atoms with Crippen LogP contribution in [0.2, 0.25) is 0 Å². The van der Waals surface area contributed by atoms with Crippen LogP contribution in [0.1, 0.15) is 6.92 Å². The summed E-state index contributed by atoms with van der Waals surface area (Å²) >= 11 is 0. The smallest absolute Gasteiger partial charge is 0.223 e. The van der Waals surface area contributed by atoms with Crippen molar-refractivity contribution in [1.29, 1.82) is 0 Å². The first-order chi connectivity index (χ1) is 13.4. The number of carbonyl (C=O) groups excluding carboxylic acids is 1. The molecule has 3 rings (SSSR count). The molecule has 1 heterocycles. The molecule has 0 spiro atoms. The highest BCUT2D eigenvalue weighted by molar-refractivity contribution is 5.73. The summed E-state index contributed by atoms with van der Waals surface area (Å²) in [4.78, 5) is 11.5. The lowest BCUT2D eigenvalue weighted by molar-refractivity contribution is -0.244. The number of halogens is 1. The van der Waals surface area contributed by atoms with E-state index in [1.54, 1.807) is 36.4 Å². The number of para-hydroxylation sites is 1. The summed E-state index contributed by atoms with van der Waals surface area (Å²) in [5, 5.41) is 32.4. The molecule has 0 saturated carbocycles. The molecule has 1 saturated heterocycles. The molecule has 1 aliphatic heterocycles. The van der Waals surface area contributed by atoms with Gasteiger partial charge in [0.25, 0.3) is 0 Å². The van der Waals surface area contributed by atoms with Gasteiger partial charge in [0.15, 0.2) is 0 Å². The number of aliphatic hydroxyl groups is 3. The van der Waals surface area contributed by atoms with E-state index < -0.39 is 49.0 Å². The van der Waals surface area contributed by atoms with Crippen LogP contribution < -0.4 is 10.1 Å². The average molecular weight is 391 g/mol. The van der Waals surface area contributed by atoms with Crippen molar-refractivity contribution in [3.05, 3.63) is 54.3 Å². The molecule has 5 unspecified atom stereocenters. The van der Waals surface area contributed by atoms with Gasteiger partial charge in [-0.2, -0.15) is 0 Å². The lowest BCUT2D eigenvalue weighted by Crippen LogP contribution is -2.65. The Labute approximate surface area is 161 Å². The van der Waals surface area contributed by atoms with E-state index in [1.165, 1.54) is 19.1 Å². The Balaban J connectivity index is 1.93. The van der Waals surface area contributed by atoms with Gasteiger partial charge in [0.2, 0.25) is 12.2 Å². The number of amides is 1. The van der Waals surface area contributed by atoms with E-state index in [0.717, 1.165) is 0 Å². The zero-order valence-corrected chi connectivity index (χ0v) is 15.2. The van der Waals surface area contributed by atoms with Gasteiger partial charge in [-0.15, -0.1) is 0 Å². The molecule has 1 fully saturated rings. The molecule has 150 valence electrons. The molecule has 5 atom stereocenters. The molecule has 7 nitrogen and oxygen atoms in total. The Morgan fingerprint density at radius 1 is 1.18 bits per heavy atom. The molecule has 0 bridgehead atoms. The van der Waals surface area contributed by atoms with Crippen molar-refractivity contribution in [2.24, 2.45) is 0 Å². The third-order valence-corrected chi connectivity index (χ3v) is 4.52. The average Bonchev–Trinajstić information content (AvgIpc) is 2.67. The van der Waals surface area contributed by atoms with Crippen LogP contribution in [0.25, 0.3) is 11.1 Å². The number of benzene rings is 2. The van der Waals surface area contributed by atoms with E-state index in [2.05, 4.69) is 5.32 Å². The third kappa shape index (κ3) is 4.31. The standard InChI is InChI=1S/C20H22FNO6/c1-11(24)22-17-19(26)18(25)16(10-23)28-20(17)27-15-8-3-2-7-14(15)12-5-4-6-13(21)9-12/h2-9,16-20,23,25-26H,10H2,1H3,(H,22,24). The summed E-state index contributed by atoms with van der Waals surface area (Å²) in [5.74, 6) is -0.528. The van der Waals surface area contributed by atoms with Crippen LogP contribution in [0.5, 0.6) is 5.75 Å². The van der Waals surface area contributed by atoms with Crippen molar-refractivity contribution < 1.29 is 34.0 Å². The van der Waals surface area contributed by atoms with E-state index >= 15 is 0 Å². The normalized spacial score (nSPS) is 27.2. The molecule has 1 aliphatic rings. The minimum Gasteiger partial charge on any atom is -0.462 e. The van der Waals surface area contributed by atoms with Crippen molar-refractivity contribution in [2.75, 3.05) is 6.61 Å². The van der Waals surface area contributed by atoms with E-state index in [-0.39, 0.29) is 0 Å². The number of carbonyl (C=O) groups is 1. The first kappa shape index (κ1) is 20.2. The Kier molecular flexibility index (Phi) is 6.25. The molecule has 2 aromatic rings. The maximum atomic E-state index is 13.6. The summed E-state index contributed by atoms with van der Waals surface area (Å²) in [6.45, 7) is 0.714. The predicted molar refractivity (Wildman–Crippen MR) is 97.8 cm³/mol. The third-order valence-electron chi connectivity index (χ3n) is 4.52. The van der Waals surface area contributed by atoms with Crippen molar-refractivity contribution in [1.82, 2.24) is 5.32 Å². The molecule has 8 heteroatoms. The van der Waals surface area contributed by atoms with Crippen LogP contribution >= 0.6 is 0 Å². The number of nitrogens with one attached hydrogen (secondary N) is 1. The van der Waals surface area contributed by atoms with Crippen LogP contribution in [-0.2, 0) is 9.53 Å². The van der Waals surface area contributed by atoms with Crippen LogP contribution in [0, 0.1) is 5.82 Å². The van der Waals surface area contributed by atoms with Crippen LogP contribution in [0.4, 0.5) is 4.39 Å². The van der Waals surface area contributed by atoms with E-state index in [9.17, 15) is 24.5 Å². The molecular formula is C20H22FNO6. The summed E-state index contributed by atoms with van der Waals surface area (Å²) in [6.07, 6.45) is -5.10. The van der Waals surface area contributed by atoms with Gasteiger partial charge >= 0.3 is 0 Å². The first-order valence-corrected chi connectivity index (χ1v) is 8.82. The van der Waals surface area contributed by atoms with Gasteiger partial charge in [-0.1, -0.05) is 30.3 Å². The maximum Gasteiger partial charge on any atom is 0.223 e. The summed E-state index contributed by atoms with van der Waals surface area (Å²) in [7, 11) is 0. The summed E-state index contributed by atoms with van der Waals surface area (Å²) in [6, 6.07) is 11.7. The highest BCUT2D eigenvalue weighted by Crippen LogP contribution is 2.33. The second-order valence-electron chi connectivity index (χ2n) is 6.56. The topological polar surface area (TPSA) is 108 Å². The largest absolute Gasteiger partial charge is 0.462 e. The van der Waals surface area contributed by atoms with Gasteiger partial charge in [-0.25, -0.2) is 4.39 Å². The van der Waals surface area contributed by atoms with Gasteiger partial charge in [0.1, 0.15) is 35.9 Å². The number of ether oxygens (including phenoxy) is 2. The Hall–Kier alpha value is -2.52. The van der Waals surface area contributed by atoms with E-state index in [0.29, 0.717) is 16.9 Å². The molecule has 4 N–H and O–H groups in total. The van der Waals surface area contributed by atoms with Gasteiger partial charge in [-0.05, 0) is 23.8 Å². The minimum atomic E-state index is -1.42. The Morgan fingerprint density at radius 3 is 2.61 bits per heavy atom. The van der Waals surface area contributed by atoms with Gasteiger partial charge in [-0.3, -0.25) is 4.79 Å². The number of hydrogen-bond acceptors (Lipinski definition) is 6. The lowest BCUT2D eigenvalue weighted by atomic mass is 9.96. The van der Waals surface area contributed by atoms with Crippen molar-refractivity contribution in [2.45, 2.75) is 37.6 Å². The van der Waals surface area contributed by atoms with Crippen LogP contribution in [0.3, 0.4) is 0 Å². The van der Waals surface area contributed by atoms with Gasteiger partial charge in [0, 0.05) is 12.5 Å². The zero-order chi connectivity index (χ0) is 20.3. The molecule has 0 aromatic heterocycles. The highest BCUT2D eigenvalue weighted by atomic mass is 19.1. The van der Waals surface area contributed by atoms with E-state index in [4.69, 9.17) is 9.47 Å². The van der Waals surface area contributed by atoms with Crippen molar-refractivity contribution >= 4 is 5.91 Å². The number of rotatable bonds is 5. The fourth-order valence-corrected chi connectivity index (χ4v) is 3.16. The van der Waals surface area contributed by atoms with Gasteiger partial charge < -0.3 is 30.1 Å². The Morgan fingerprint density at radius 2 is 1.93 bits per heavy atom. The SMILES string of the molecule is CC(=O)NC1C(Oc2ccccc2-c2cccc(F)c2)OC(CO)C(O)C1O. The molecule has 0 aliphatic carbocycles. The number of aliphatic hydroxyl groups excluding tert-OH is 3. The quantitative estimate of drug-likeness (QED) is 0.601.